The van der Waals surface area contributed by atoms with Crippen LogP contribution in [0.25, 0.3) is 0 Å². The Labute approximate surface area is 116 Å². The zero-order valence-corrected chi connectivity index (χ0v) is 12.1. The summed E-state index contributed by atoms with van der Waals surface area (Å²) in [6.07, 6.45) is 3.46. The van der Waals surface area contributed by atoms with E-state index in [2.05, 4.69) is 38.2 Å². The minimum atomic E-state index is 0.0319. The topological polar surface area (TPSA) is 32.3 Å². The van der Waals surface area contributed by atoms with Crippen LogP contribution in [0.1, 0.15) is 51.5 Å². The van der Waals surface area contributed by atoms with Crippen LogP contribution in [0.3, 0.4) is 0 Å². The van der Waals surface area contributed by atoms with Crippen LogP contribution in [0.15, 0.2) is 24.3 Å². The van der Waals surface area contributed by atoms with E-state index in [1.165, 1.54) is 12.0 Å². The first-order valence-corrected chi connectivity index (χ1v) is 7.25. The molecule has 1 fully saturated rings. The summed E-state index contributed by atoms with van der Waals surface area (Å²) in [5, 5.41) is 3.00. The van der Waals surface area contributed by atoms with Crippen LogP contribution in [0.4, 0.5) is 10.5 Å². The Bertz CT molecular complexity index is 425. The number of urea groups is 1. The van der Waals surface area contributed by atoms with Gasteiger partial charge < -0.3 is 10.2 Å². The van der Waals surface area contributed by atoms with Crippen LogP contribution >= 0.6 is 0 Å². The molecule has 0 bridgehead atoms. The van der Waals surface area contributed by atoms with Crippen molar-refractivity contribution in [3.05, 3.63) is 29.8 Å². The number of piperidine rings is 1. The number of anilines is 1. The molecule has 1 atom stereocenters. The van der Waals surface area contributed by atoms with E-state index >= 15 is 0 Å². The minimum Gasteiger partial charge on any atom is -0.322 e. The van der Waals surface area contributed by atoms with E-state index in [0.29, 0.717) is 12.0 Å². The normalized spacial score (nSPS) is 19.6. The molecule has 1 aromatic rings. The number of likely N-dealkylation sites (tertiary alicyclic amines) is 1. The predicted octanol–water partition coefficient (Wildman–Crippen LogP) is 4.22. The molecule has 1 saturated heterocycles. The van der Waals surface area contributed by atoms with E-state index in [4.69, 9.17) is 0 Å². The molecule has 1 N–H and O–H groups in total. The number of benzene rings is 1. The van der Waals surface area contributed by atoms with Crippen LogP contribution in [-0.2, 0) is 0 Å². The summed E-state index contributed by atoms with van der Waals surface area (Å²) < 4.78 is 0. The van der Waals surface area contributed by atoms with E-state index in [1.807, 2.05) is 17.0 Å². The van der Waals surface area contributed by atoms with Crippen molar-refractivity contribution in [3.63, 3.8) is 0 Å². The average Bonchev–Trinajstić information content (AvgIpc) is 2.39. The van der Waals surface area contributed by atoms with Gasteiger partial charge in [0.2, 0.25) is 0 Å². The molecule has 0 unspecified atom stereocenters. The molecular weight excluding hydrogens is 236 g/mol. The van der Waals surface area contributed by atoms with Crippen molar-refractivity contribution >= 4 is 11.7 Å². The summed E-state index contributed by atoms with van der Waals surface area (Å²) in [5.74, 6) is 0.520. The molecule has 1 aliphatic rings. The van der Waals surface area contributed by atoms with Gasteiger partial charge in [0, 0.05) is 18.3 Å². The van der Waals surface area contributed by atoms with Gasteiger partial charge in [0.25, 0.3) is 0 Å². The van der Waals surface area contributed by atoms with E-state index in [0.717, 1.165) is 25.1 Å². The zero-order valence-electron chi connectivity index (χ0n) is 12.1. The fourth-order valence-electron chi connectivity index (χ4n) is 2.55. The highest BCUT2D eigenvalue weighted by Gasteiger charge is 2.22. The Kier molecular flexibility index (Phi) is 4.46. The highest BCUT2D eigenvalue weighted by atomic mass is 16.2. The second kappa shape index (κ2) is 6.09. The third-order valence-corrected chi connectivity index (χ3v) is 3.89. The highest BCUT2D eigenvalue weighted by molar-refractivity contribution is 5.89. The van der Waals surface area contributed by atoms with E-state index in [9.17, 15) is 4.79 Å². The lowest BCUT2D eigenvalue weighted by molar-refractivity contribution is 0.170. The van der Waals surface area contributed by atoms with Gasteiger partial charge in [0.05, 0.1) is 0 Å². The molecule has 0 aromatic heterocycles. The molecule has 3 nitrogen and oxygen atoms in total. The van der Waals surface area contributed by atoms with Gasteiger partial charge in [-0.05, 0) is 49.8 Å². The number of amides is 2. The first-order valence-electron chi connectivity index (χ1n) is 7.25. The Hall–Kier alpha value is -1.51. The molecule has 0 radical (unpaired) electrons. The van der Waals surface area contributed by atoms with Crippen molar-refractivity contribution < 1.29 is 4.79 Å². The summed E-state index contributed by atoms with van der Waals surface area (Å²) in [4.78, 5) is 14.2. The van der Waals surface area contributed by atoms with Gasteiger partial charge in [0.1, 0.15) is 0 Å². The Morgan fingerprint density at radius 1 is 1.26 bits per heavy atom. The van der Waals surface area contributed by atoms with Gasteiger partial charge in [-0.25, -0.2) is 4.79 Å². The first kappa shape index (κ1) is 13.9. The van der Waals surface area contributed by atoms with Crippen molar-refractivity contribution in [1.82, 2.24) is 4.90 Å². The number of hydrogen-bond donors (Lipinski definition) is 1. The smallest absolute Gasteiger partial charge is 0.322 e. The lowest BCUT2D eigenvalue weighted by Gasteiger charge is -2.33. The molecule has 0 aliphatic carbocycles. The van der Waals surface area contributed by atoms with Crippen LogP contribution in [0.5, 0.6) is 0 Å². The van der Waals surface area contributed by atoms with Crippen molar-refractivity contribution in [1.29, 1.82) is 0 Å². The van der Waals surface area contributed by atoms with E-state index < -0.39 is 0 Å². The molecular formula is C16H24N2O. The van der Waals surface area contributed by atoms with Gasteiger partial charge in [0.15, 0.2) is 0 Å². The van der Waals surface area contributed by atoms with Gasteiger partial charge in [-0.15, -0.1) is 0 Å². The third kappa shape index (κ3) is 3.49. The van der Waals surface area contributed by atoms with Crippen molar-refractivity contribution in [2.75, 3.05) is 11.9 Å². The van der Waals surface area contributed by atoms with Crippen LogP contribution in [-0.4, -0.2) is 23.5 Å². The molecule has 1 heterocycles. The van der Waals surface area contributed by atoms with Gasteiger partial charge >= 0.3 is 6.03 Å². The van der Waals surface area contributed by atoms with Crippen molar-refractivity contribution in [2.45, 2.75) is 52.0 Å². The molecule has 104 valence electrons. The molecule has 0 saturated carbocycles. The fraction of sp³-hybridized carbons (Fsp3) is 0.562. The summed E-state index contributed by atoms with van der Waals surface area (Å²) in [6, 6.07) is 8.52. The molecule has 2 rings (SSSR count). The Morgan fingerprint density at radius 3 is 2.53 bits per heavy atom. The van der Waals surface area contributed by atoms with Gasteiger partial charge in [-0.1, -0.05) is 26.0 Å². The lowest BCUT2D eigenvalue weighted by Crippen LogP contribution is -2.44. The number of nitrogens with one attached hydrogen (secondary N) is 1. The molecule has 2 amide bonds. The second-order valence-corrected chi connectivity index (χ2v) is 5.75. The highest BCUT2D eigenvalue weighted by Crippen LogP contribution is 2.20. The monoisotopic (exact) mass is 260 g/mol. The van der Waals surface area contributed by atoms with E-state index in [1.54, 1.807) is 0 Å². The summed E-state index contributed by atoms with van der Waals surface area (Å²) >= 11 is 0. The summed E-state index contributed by atoms with van der Waals surface area (Å²) in [7, 11) is 0. The van der Waals surface area contributed by atoms with Crippen LogP contribution in [0, 0.1) is 0 Å². The molecule has 1 aromatic carbocycles. The predicted molar refractivity (Wildman–Crippen MR) is 79.6 cm³/mol. The maximum atomic E-state index is 12.2. The average molecular weight is 260 g/mol. The SMILES string of the molecule is CC(C)c1ccc(NC(=O)N2CCCC[C@H]2C)cc1. The maximum Gasteiger partial charge on any atom is 0.322 e. The molecule has 3 heteroatoms. The first-order chi connectivity index (χ1) is 9.08. The molecule has 19 heavy (non-hydrogen) atoms. The number of carbonyl (C=O) groups excluding carboxylic acids is 1. The summed E-state index contributed by atoms with van der Waals surface area (Å²) in [5.41, 5.74) is 2.18. The number of nitrogens with zero attached hydrogens (tertiary/aromatic N) is 1. The lowest BCUT2D eigenvalue weighted by atomic mass is 10.0. The minimum absolute atomic E-state index is 0.0319. The van der Waals surface area contributed by atoms with Crippen molar-refractivity contribution in [3.8, 4) is 0 Å². The Balaban J connectivity index is 1.98. The van der Waals surface area contributed by atoms with Crippen molar-refractivity contribution in [2.24, 2.45) is 0 Å². The Morgan fingerprint density at radius 2 is 1.95 bits per heavy atom. The second-order valence-electron chi connectivity index (χ2n) is 5.75. The van der Waals surface area contributed by atoms with Gasteiger partial charge in [-0.3, -0.25) is 0 Å². The largest absolute Gasteiger partial charge is 0.322 e. The van der Waals surface area contributed by atoms with E-state index in [-0.39, 0.29) is 6.03 Å². The maximum absolute atomic E-state index is 12.2. The zero-order chi connectivity index (χ0) is 13.8. The number of rotatable bonds is 2. The quantitative estimate of drug-likeness (QED) is 0.848. The fourth-order valence-corrected chi connectivity index (χ4v) is 2.55. The number of carbonyl (C=O) groups is 1. The summed E-state index contributed by atoms with van der Waals surface area (Å²) in [6.45, 7) is 7.34. The molecule has 1 aliphatic heterocycles. The number of hydrogen-bond acceptors (Lipinski definition) is 1. The standard InChI is InChI=1S/C16H24N2O/c1-12(2)14-7-9-15(10-8-14)17-16(19)18-11-5-4-6-13(18)3/h7-10,12-13H,4-6,11H2,1-3H3,(H,17,19)/t13-/m1/s1. The third-order valence-electron chi connectivity index (χ3n) is 3.89. The molecule has 0 spiro atoms. The van der Waals surface area contributed by atoms with Gasteiger partial charge in [-0.2, -0.15) is 0 Å². The van der Waals surface area contributed by atoms with Crippen LogP contribution < -0.4 is 5.32 Å². The van der Waals surface area contributed by atoms with Crippen LogP contribution in [0.2, 0.25) is 0 Å².